The molecule has 0 aliphatic carbocycles. The molecule has 33 heavy (non-hydrogen) atoms. The van der Waals surface area contributed by atoms with E-state index in [1.807, 2.05) is 12.1 Å². The zero-order valence-electron chi connectivity index (χ0n) is 18.7. The van der Waals surface area contributed by atoms with Crippen LogP contribution in [0.5, 0.6) is 0 Å². The van der Waals surface area contributed by atoms with Crippen LogP contribution in [-0.2, 0) is 4.79 Å². The van der Waals surface area contributed by atoms with E-state index in [9.17, 15) is 14.0 Å². The number of amides is 3. The highest BCUT2D eigenvalue weighted by atomic mass is 19.1. The van der Waals surface area contributed by atoms with E-state index >= 15 is 0 Å². The van der Waals surface area contributed by atoms with Crippen LogP contribution in [0.2, 0.25) is 0 Å². The first-order valence-corrected chi connectivity index (χ1v) is 10.7. The number of fused-ring (bicyclic) bond motifs is 1. The molecule has 1 aliphatic rings. The summed E-state index contributed by atoms with van der Waals surface area (Å²) in [5.41, 5.74) is 3.48. The van der Waals surface area contributed by atoms with Gasteiger partial charge in [0.15, 0.2) is 0 Å². The summed E-state index contributed by atoms with van der Waals surface area (Å²) in [5.74, 6) is -0.518. The third kappa shape index (κ3) is 4.62. The van der Waals surface area contributed by atoms with Crippen LogP contribution in [0.15, 0.2) is 77.8 Å². The maximum Gasteiger partial charge on any atom is 0.321 e. The molecule has 0 fully saturated rings. The maximum atomic E-state index is 14.7. The van der Waals surface area contributed by atoms with Crippen LogP contribution in [0, 0.1) is 5.82 Å². The van der Waals surface area contributed by atoms with Gasteiger partial charge in [-0.25, -0.2) is 14.2 Å². The van der Waals surface area contributed by atoms with Crippen LogP contribution in [-0.4, -0.2) is 30.9 Å². The Morgan fingerprint density at radius 3 is 2.27 bits per heavy atom. The van der Waals surface area contributed by atoms with Gasteiger partial charge < -0.3 is 15.5 Å². The molecule has 4 rings (SSSR count). The largest absolute Gasteiger partial charge is 0.321 e. The number of hydrogen-bond acceptors (Lipinski definition) is 3. The third-order valence-electron chi connectivity index (χ3n) is 5.58. The van der Waals surface area contributed by atoms with Crippen LogP contribution in [0.4, 0.5) is 20.6 Å². The minimum Gasteiger partial charge on any atom is -0.311 e. The van der Waals surface area contributed by atoms with Crippen molar-refractivity contribution >= 4 is 29.0 Å². The molecular formula is C26H25FN4O2. The number of likely N-dealkylation sites (N-methyl/N-ethyl adjacent to an activating group) is 1. The van der Waals surface area contributed by atoms with Gasteiger partial charge in [-0.1, -0.05) is 56.3 Å². The number of benzene rings is 3. The monoisotopic (exact) mass is 444 g/mol. The van der Waals surface area contributed by atoms with Gasteiger partial charge in [0.2, 0.25) is 6.17 Å². The molecule has 6 nitrogen and oxygen atoms in total. The van der Waals surface area contributed by atoms with Gasteiger partial charge in [-0.3, -0.25) is 4.79 Å². The average Bonchev–Trinajstić information content (AvgIpc) is 2.90. The lowest BCUT2D eigenvalue weighted by Gasteiger charge is -2.21. The number of anilines is 2. The molecule has 168 valence electrons. The van der Waals surface area contributed by atoms with Crippen molar-refractivity contribution in [3.8, 4) is 0 Å². The molecule has 0 radical (unpaired) electrons. The number of halogens is 1. The molecule has 3 aromatic rings. The van der Waals surface area contributed by atoms with Gasteiger partial charge in [0.25, 0.3) is 5.91 Å². The molecule has 3 aromatic carbocycles. The molecule has 1 unspecified atom stereocenters. The Kier molecular flexibility index (Phi) is 6.22. The molecule has 3 amide bonds. The first-order valence-electron chi connectivity index (χ1n) is 10.7. The lowest BCUT2D eigenvalue weighted by molar-refractivity contribution is -0.119. The fourth-order valence-corrected chi connectivity index (χ4v) is 3.73. The fourth-order valence-electron chi connectivity index (χ4n) is 3.73. The van der Waals surface area contributed by atoms with Gasteiger partial charge in [-0.15, -0.1) is 0 Å². The number of nitrogens with one attached hydrogen (secondary N) is 2. The van der Waals surface area contributed by atoms with E-state index in [2.05, 4.69) is 29.5 Å². The summed E-state index contributed by atoms with van der Waals surface area (Å²) < 4.78 is 14.7. The first kappa shape index (κ1) is 22.2. The van der Waals surface area contributed by atoms with E-state index in [-0.39, 0.29) is 5.56 Å². The van der Waals surface area contributed by atoms with Crippen molar-refractivity contribution in [3.05, 3.63) is 95.3 Å². The van der Waals surface area contributed by atoms with E-state index in [4.69, 9.17) is 0 Å². The summed E-state index contributed by atoms with van der Waals surface area (Å²) in [6, 6.07) is 20.3. The SMILES string of the molecule is CC(C)c1ccc(NC(=O)NC2N=C(c3ccccc3F)c3ccccc3N(C)C2=O)cc1. The zero-order chi connectivity index (χ0) is 23.5. The Morgan fingerprint density at radius 1 is 0.970 bits per heavy atom. The Hall–Kier alpha value is -4.00. The van der Waals surface area contributed by atoms with Crippen LogP contribution in [0.3, 0.4) is 0 Å². The number of nitrogens with zero attached hydrogens (tertiary/aromatic N) is 2. The van der Waals surface area contributed by atoms with Gasteiger partial charge in [-0.2, -0.15) is 0 Å². The number of hydrogen-bond donors (Lipinski definition) is 2. The lowest BCUT2D eigenvalue weighted by Crippen LogP contribution is -2.47. The molecule has 0 spiro atoms. The summed E-state index contributed by atoms with van der Waals surface area (Å²) in [6.45, 7) is 4.18. The number of para-hydroxylation sites is 1. The Balaban J connectivity index is 1.66. The summed E-state index contributed by atoms with van der Waals surface area (Å²) in [6.07, 6.45) is -1.23. The molecule has 0 saturated carbocycles. The molecule has 0 bridgehead atoms. The summed E-state index contributed by atoms with van der Waals surface area (Å²) in [4.78, 5) is 31.8. The highest BCUT2D eigenvalue weighted by Crippen LogP contribution is 2.28. The summed E-state index contributed by atoms with van der Waals surface area (Å²) in [7, 11) is 1.61. The molecular weight excluding hydrogens is 419 g/mol. The van der Waals surface area contributed by atoms with Crippen molar-refractivity contribution in [2.75, 3.05) is 17.3 Å². The molecule has 0 saturated heterocycles. The second-order valence-electron chi connectivity index (χ2n) is 8.15. The molecule has 1 heterocycles. The van der Waals surface area contributed by atoms with Crippen LogP contribution >= 0.6 is 0 Å². The lowest BCUT2D eigenvalue weighted by atomic mass is 10.00. The van der Waals surface area contributed by atoms with Crippen molar-refractivity contribution in [1.82, 2.24) is 5.32 Å². The number of rotatable bonds is 4. The summed E-state index contributed by atoms with van der Waals surface area (Å²) >= 11 is 0. The number of carbonyl (C=O) groups is 2. The van der Waals surface area contributed by atoms with E-state index in [0.29, 0.717) is 28.6 Å². The number of benzodiazepines with no additional fused rings is 1. The zero-order valence-corrected chi connectivity index (χ0v) is 18.7. The van der Waals surface area contributed by atoms with E-state index in [0.717, 1.165) is 5.56 Å². The molecule has 1 aliphatic heterocycles. The molecule has 2 N–H and O–H groups in total. The standard InChI is InChI=1S/C26H25FN4O2/c1-16(2)17-12-14-18(15-13-17)28-26(33)30-24-25(32)31(3)22-11-7-5-9-20(22)23(29-24)19-8-4-6-10-21(19)27/h4-16,24H,1-3H3,(H2,28,30,33). The van der Waals surface area contributed by atoms with Crippen molar-refractivity contribution in [1.29, 1.82) is 0 Å². The van der Waals surface area contributed by atoms with Gasteiger partial charge >= 0.3 is 6.03 Å². The first-order chi connectivity index (χ1) is 15.8. The van der Waals surface area contributed by atoms with Gasteiger partial charge in [-0.05, 0) is 41.8 Å². The van der Waals surface area contributed by atoms with Crippen molar-refractivity contribution in [2.24, 2.45) is 4.99 Å². The molecule has 0 aromatic heterocycles. The Morgan fingerprint density at radius 2 is 1.61 bits per heavy atom. The minimum absolute atomic E-state index is 0.254. The molecule has 7 heteroatoms. The number of urea groups is 1. The van der Waals surface area contributed by atoms with E-state index in [1.165, 1.54) is 11.0 Å². The minimum atomic E-state index is -1.23. The smallest absolute Gasteiger partial charge is 0.311 e. The maximum absolute atomic E-state index is 14.7. The van der Waals surface area contributed by atoms with Crippen molar-refractivity contribution in [2.45, 2.75) is 25.9 Å². The second kappa shape index (κ2) is 9.24. The number of carbonyl (C=O) groups excluding carboxylic acids is 2. The average molecular weight is 445 g/mol. The van der Waals surface area contributed by atoms with Crippen molar-refractivity contribution in [3.63, 3.8) is 0 Å². The predicted molar refractivity (Wildman–Crippen MR) is 128 cm³/mol. The molecule has 1 atom stereocenters. The second-order valence-corrected chi connectivity index (χ2v) is 8.15. The van der Waals surface area contributed by atoms with Gasteiger partial charge in [0, 0.05) is 23.9 Å². The topological polar surface area (TPSA) is 73.8 Å². The van der Waals surface area contributed by atoms with Gasteiger partial charge in [0.05, 0.1) is 11.4 Å². The van der Waals surface area contributed by atoms with E-state index < -0.39 is 23.9 Å². The van der Waals surface area contributed by atoms with E-state index in [1.54, 1.807) is 61.6 Å². The fraction of sp³-hybridized carbons (Fsp3) is 0.192. The Bertz CT molecular complexity index is 1220. The highest BCUT2D eigenvalue weighted by Gasteiger charge is 2.31. The van der Waals surface area contributed by atoms with Crippen LogP contribution in [0.25, 0.3) is 0 Å². The Labute approximate surface area is 192 Å². The highest BCUT2D eigenvalue weighted by molar-refractivity contribution is 6.20. The van der Waals surface area contributed by atoms with Crippen LogP contribution in [0.1, 0.15) is 36.5 Å². The van der Waals surface area contributed by atoms with Crippen molar-refractivity contribution < 1.29 is 14.0 Å². The van der Waals surface area contributed by atoms with Gasteiger partial charge in [0.1, 0.15) is 5.82 Å². The predicted octanol–water partition coefficient (Wildman–Crippen LogP) is 4.91. The third-order valence-corrected chi connectivity index (χ3v) is 5.58. The summed E-state index contributed by atoms with van der Waals surface area (Å²) in [5, 5.41) is 5.36. The number of aliphatic imine (C=N–C) groups is 1. The normalized spacial score (nSPS) is 15.5. The quantitative estimate of drug-likeness (QED) is 0.600. The van der Waals surface area contributed by atoms with Crippen LogP contribution < -0.4 is 15.5 Å².